The van der Waals surface area contributed by atoms with Crippen molar-refractivity contribution in [3.63, 3.8) is 0 Å². The van der Waals surface area contributed by atoms with Crippen molar-refractivity contribution in [2.24, 2.45) is 0 Å². The van der Waals surface area contributed by atoms with Gasteiger partial charge in [0.25, 0.3) is 0 Å². The van der Waals surface area contributed by atoms with Crippen molar-refractivity contribution in [3.05, 3.63) is 35.9 Å². The van der Waals surface area contributed by atoms with Gasteiger partial charge in [-0.05, 0) is 12.1 Å². The Kier molecular flexibility index (Phi) is 3.39. The maximum absolute atomic E-state index is 11.7. The number of carbonyl (C=O) groups is 2. The minimum Gasteiger partial charge on any atom is -0.480 e. The maximum Gasteiger partial charge on any atom is 0.338 e. The summed E-state index contributed by atoms with van der Waals surface area (Å²) in [5.74, 6) is -1.33. The summed E-state index contributed by atoms with van der Waals surface area (Å²) < 4.78 is 5.21. The number of carboxylic acids is 1. The predicted octanol–water partition coefficient (Wildman–Crippen LogP) is 0.658. The molecule has 0 amide bonds. The summed E-state index contributed by atoms with van der Waals surface area (Å²) in [6.07, 6.45) is -0.0581. The molecule has 2 rings (SSSR count). The van der Waals surface area contributed by atoms with Crippen LogP contribution in [0.3, 0.4) is 0 Å². The molecule has 0 bridgehead atoms. The van der Waals surface area contributed by atoms with E-state index in [0.717, 1.165) is 0 Å². The van der Waals surface area contributed by atoms with Gasteiger partial charge in [0.05, 0.1) is 5.56 Å². The zero-order valence-corrected chi connectivity index (χ0v) is 9.13. The molecule has 1 aromatic carbocycles. The Bertz CT molecular complexity index is 418. The third-order valence-corrected chi connectivity index (χ3v) is 2.67. The fourth-order valence-electron chi connectivity index (χ4n) is 1.77. The summed E-state index contributed by atoms with van der Waals surface area (Å²) >= 11 is 0. The van der Waals surface area contributed by atoms with E-state index in [0.29, 0.717) is 18.5 Å². The van der Waals surface area contributed by atoms with Gasteiger partial charge in [0.15, 0.2) is 0 Å². The Labute approximate surface area is 98.4 Å². The van der Waals surface area contributed by atoms with E-state index in [2.05, 4.69) is 5.32 Å². The van der Waals surface area contributed by atoms with Crippen LogP contribution in [0, 0.1) is 0 Å². The number of nitrogens with one attached hydrogen (secondary N) is 1. The van der Waals surface area contributed by atoms with Gasteiger partial charge in [0.2, 0.25) is 0 Å². The molecule has 1 saturated heterocycles. The molecule has 17 heavy (non-hydrogen) atoms. The predicted molar refractivity (Wildman–Crippen MR) is 59.7 cm³/mol. The van der Waals surface area contributed by atoms with Crippen molar-refractivity contribution in [3.8, 4) is 0 Å². The van der Waals surface area contributed by atoms with Crippen molar-refractivity contribution < 1.29 is 19.4 Å². The van der Waals surface area contributed by atoms with E-state index in [1.54, 1.807) is 24.3 Å². The average molecular weight is 235 g/mol. The topological polar surface area (TPSA) is 75.6 Å². The number of hydrogen-bond acceptors (Lipinski definition) is 4. The molecule has 1 aliphatic heterocycles. The Morgan fingerprint density at radius 3 is 2.59 bits per heavy atom. The summed E-state index contributed by atoms with van der Waals surface area (Å²) in [5, 5.41) is 11.6. The molecule has 1 aromatic rings. The van der Waals surface area contributed by atoms with Crippen molar-refractivity contribution in [1.82, 2.24) is 5.32 Å². The summed E-state index contributed by atoms with van der Waals surface area (Å²) in [6.45, 7) is 0.384. The molecule has 5 nitrogen and oxygen atoms in total. The van der Waals surface area contributed by atoms with Crippen molar-refractivity contribution in [2.75, 3.05) is 6.54 Å². The van der Waals surface area contributed by atoms with Gasteiger partial charge in [0, 0.05) is 13.0 Å². The first kappa shape index (κ1) is 11.6. The molecular weight excluding hydrogens is 222 g/mol. The Balaban J connectivity index is 1.91. The van der Waals surface area contributed by atoms with E-state index in [4.69, 9.17) is 9.84 Å². The zero-order valence-electron chi connectivity index (χ0n) is 9.13. The molecular formula is C12H13NO4. The van der Waals surface area contributed by atoms with Crippen LogP contribution < -0.4 is 5.32 Å². The van der Waals surface area contributed by atoms with Gasteiger partial charge in [-0.1, -0.05) is 18.2 Å². The highest BCUT2D eigenvalue weighted by atomic mass is 16.5. The average Bonchev–Trinajstić information content (AvgIpc) is 2.79. The van der Waals surface area contributed by atoms with Gasteiger partial charge in [-0.3, -0.25) is 4.79 Å². The Morgan fingerprint density at radius 2 is 2.00 bits per heavy atom. The van der Waals surface area contributed by atoms with Crippen molar-refractivity contribution >= 4 is 11.9 Å². The van der Waals surface area contributed by atoms with E-state index >= 15 is 0 Å². The van der Waals surface area contributed by atoms with Gasteiger partial charge in [-0.2, -0.15) is 0 Å². The van der Waals surface area contributed by atoms with Crippen LogP contribution in [-0.2, 0) is 9.53 Å². The van der Waals surface area contributed by atoms with Crippen LogP contribution in [0.5, 0.6) is 0 Å². The van der Waals surface area contributed by atoms with Gasteiger partial charge >= 0.3 is 11.9 Å². The third-order valence-electron chi connectivity index (χ3n) is 2.67. The van der Waals surface area contributed by atoms with Crippen LogP contribution >= 0.6 is 0 Å². The lowest BCUT2D eigenvalue weighted by molar-refractivity contribution is -0.139. The number of carboxylic acid groups (broad SMARTS) is 1. The first-order valence-corrected chi connectivity index (χ1v) is 5.39. The number of ether oxygens (including phenoxy) is 1. The number of benzene rings is 1. The van der Waals surface area contributed by atoms with Crippen LogP contribution in [0.4, 0.5) is 0 Å². The highest BCUT2D eigenvalue weighted by Crippen LogP contribution is 2.13. The largest absolute Gasteiger partial charge is 0.480 e. The van der Waals surface area contributed by atoms with Crippen molar-refractivity contribution in [1.29, 1.82) is 0 Å². The summed E-state index contributed by atoms with van der Waals surface area (Å²) in [6, 6.07) is 8.03. The first-order chi connectivity index (χ1) is 8.16. The molecule has 0 spiro atoms. The molecule has 2 N–H and O–H groups in total. The lowest BCUT2D eigenvalue weighted by atomic mass is 10.2. The summed E-state index contributed by atoms with van der Waals surface area (Å²) in [5.41, 5.74) is 0.478. The number of rotatable bonds is 3. The van der Waals surface area contributed by atoms with Gasteiger partial charge in [-0.15, -0.1) is 0 Å². The molecule has 1 heterocycles. The monoisotopic (exact) mass is 235 g/mol. The highest BCUT2D eigenvalue weighted by molar-refractivity contribution is 5.89. The van der Waals surface area contributed by atoms with Crippen LogP contribution in [-0.4, -0.2) is 35.7 Å². The van der Waals surface area contributed by atoms with Gasteiger partial charge in [0.1, 0.15) is 12.1 Å². The van der Waals surface area contributed by atoms with Crippen LogP contribution in [0.1, 0.15) is 16.8 Å². The van der Waals surface area contributed by atoms with Crippen LogP contribution in [0.2, 0.25) is 0 Å². The summed E-state index contributed by atoms with van der Waals surface area (Å²) in [7, 11) is 0. The Morgan fingerprint density at radius 1 is 1.29 bits per heavy atom. The fraction of sp³-hybridized carbons (Fsp3) is 0.333. The smallest absolute Gasteiger partial charge is 0.338 e. The molecule has 0 saturated carbocycles. The number of carbonyl (C=O) groups excluding carboxylic acids is 1. The standard InChI is InChI=1S/C12H13NO4/c14-11(15)10-6-9(7-13-10)17-12(16)8-4-2-1-3-5-8/h1-5,9-10,13H,6-7H2,(H,14,15). The van der Waals surface area contributed by atoms with Gasteiger partial charge in [-0.25, -0.2) is 4.79 Å². The lowest BCUT2D eigenvalue weighted by Gasteiger charge is -2.10. The highest BCUT2D eigenvalue weighted by Gasteiger charge is 2.31. The van der Waals surface area contributed by atoms with E-state index in [1.807, 2.05) is 6.07 Å². The zero-order chi connectivity index (χ0) is 12.3. The molecule has 90 valence electrons. The quantitative estimate of drug-likeness (QED) is 0.753. The number of aliphatic carboxylic acids is 1. The minimum atomic E-state index is -0.914. The molecule has 2 unspecified atom stereocenters. The molecule has 0 aromatic heterocycles. The molecule has 2 atom stereocenters. The normalized spacial score (nSPS) is 23.3. The first-order valence-electron chi connectivity index (χ1n) is 5.39. The lowest BCUT2D eigenvalue weighted by Crippen LogP contribution is -2.30. The van der Waals surface area contributed by atoms with Crippen molar-refractivity contribution in [2.45, 2.75) is 18.6 Å². The second-order valence-corrected chi connectivity index (χ2v) is 3.93. The molecule has 1 fully saturated rings. The molecule has 5 heteroatoms. The van der Waals surface area contributed by atoms with E-state index in [-0.39, 0.29) is 6.10 Å². The van der Waals surface area contributed by atoms with Gasteiger partial charge < -0.3 is 15.2 Å². The minimum absolute atomic E-state index is 0.313. The molecule has 0 aliphatic carbocycles. The van der Waals surface area contributed by atoms with Crippen LogP contribution in [0.15, 0.2) is 30.3 Å². The molecule has 1 aliphatic rings. The molecule has 0 radical (unpaired) electrons. The Hall–Kier alpha value is -1.88. The maximum atomic E-state index is 11.7. The second kappa shape index (κ2) is 4.97. The van der Waals surface area contributed by atoms with E-state index < -0.39 is 18.0 Å². The third kappa shape index (κ3) is 2.82. The fourth-order valence-corrected chi connectivity index (χ4v) is 1.77. The number of esters is 1. The van der Waals surface area contributed by atoms with E-state index in [1.165, 1.54) is 0 Å². The van der Waals surface area contributed by atoms with E-state index in [9.17, 15) is 9.59 Å². The number of hydrogen-bond donors (Lipinski definition) is 2. The summed E-state index contributed by atoms with van der Waals surface area (Å²) in [4.78, 5) is 22.4. The second-order valence-electron chi connectivity index (χ2n) is 3.93. The van der Waals surface area contributed by atoms with Crippen LogP contribution in [0.25, 0.3) is 0 Å². The SMILES string of the molecule is O=C(OC1CNC(C(=O)O)C1)c1ccccc1.